The number of hydrogen-bond acceptors (Lipinski definition) is 2. The lowest BCUT2D eigenvalue weighted by atomic mass is 9.74. The molecule has 1 heterocycles. The zero-order chi connectivity index (χ0) is 13.5. The van der Waals surface area contributed by atoms with E-state index < -0.39 is 0 Å². The minimum Gasteiger partial charge on any atom is -0.369 e. The second-order valence-corrected chi connectivity index (χ2v) is 6.01. The fraction of sp³-hybridized carbons (Fsp3) is 0.562. The highest BCUT2D eigenvalue weighted by atomic mass is 16.2. The Morgan fingerprint density at radius 2 is 2.05 bits per heavy atom. The molecule has 3 rings (SSSR count). The fourth-order valence-electron chi connectivity index (χ4n) is 3.41. The maximum Gasteiger partial charge on any atom is 0.250 e. The van der Waals surface area contributed by atoms with E-state index in [0.717, 1.165) is 43.0 Å². The molecule has 0 bridgehead atoms. The highest BCUT2D eigenvalue weighted by Gasteiger charge is 2.44. The smallest absolute Gasteiger partial charge is 0.250 e. The lowest BCUT2D eigenvalue weighted by molar-refractivity contribution is -0.121. The van der Waals surface area contributed by atoms with Gasteiger partial charge < -0.3 is 10.6 Å². The van der Waals surface area contributed by atoms with Crippen LogP contribution in [-0.4, -0.2) is 11.4 Å². The fourth-order valence-corrected chi connectivity index (χ4v) is 3.41. The van der Waals surface area contributed by atoms with Gasteiger partial charge in [-0.3, -0.25) is 4.79 Å². The van der Waals surface area contributed by atoms with Crippen LogP contribution >= 0.6 is 0 Å². The third-order valence-corrected chi connectivity index (χ3v) is 4.86. The molecule has 3 heteroatoms. The molecular weight excluding hydrogens is 236 g/mol. The molecule has 2 N–H and O–H groups in total. The molecule has 3 nitrogen and oxygen atoms in total. The van der Waals surface area contributed by atoms with Crippen LogP contribution < -0.4 is 10.6 Å². The van der Waals surface area contributed by atoms with Crippen LogP contribution in [0.15, 0.2) is 18.2 Å². The van der Waals surface area contributed by atoms with Crippen LogP contribution in [-0.2, 0) is 4.79 Å². The maximum absolute atomic E-state index is 12.5. The average Bonchev–Trinajstić information content (AvgIpc) is 2.42. The van der Waals surface area contributed by atoms with Crippen molar-refractivity contribution in [1.82, 2.24) is 0 Å². The van der Waals surface area contributed by atoms with Gasteiger partial charge in [0.15, 0.2) is 0 Å². The summed E-state index contributed by atoms with van der Waals surface area (Å²) in [5.74, 6) is 0.943. The summed E-state index contributed by atoms with van der Waals surface area (Å²) < 4.78 is 0. The minimum atomic E-state index is -0.370. The summed E-state index contributed by atoms with van der Waals surface area (Å²) in [6, 6.07) is 6.05. The van der Waals surface area contributed by atoms with Crippen molar-refractivity contribution in [2.45, 2.75) is 51.5 Å². The number of benzene rings is 1. The molecule has 1 aliphatic carbocycles. The molecule has 0 atom stereocenters. The topological polar surface area (TPSA) is 41.1 Å². The highest BCUT2D eigenvalue weighted by molar-refractivity contribution is 6.06. The van der Waals surface area contributed by atoms with Crippen LogP contribution in [0.1, 0.15) is 44.6 Å². The SMILES string of the molecule is CCC1CCC2(CC1)Nc1c(C)cccc1NC2=O. The van der Waals surface area contributed by atoms with Crippen molar-refractivity contribution in [3.8, 4) is 0 Å². The molecule has 1 aromatic rings. The first kappa shape index (κ1) is 12.5. The van der Waals surface area contributed by atoms with Crippen molar-refractivity contribution in [3.63, 3.8) is 0 Å². The van der Waals surface area contributed by atoms with Gasteiger partial charge in [0.2, 0.25) is 5.91 Å². The summed E-state index contributed by atoms with van der Waals surface area (Å²) in [6.07, 6.45) is 5.43. The van der Waals surface area contributed by atoms with Crippen molar-refractivity contribution < 1.29 is 4.79 Å². The van der Waals surface area contributed by atoms with E-state index in [1.807, 2.05) is 12.1 Å². The van der Waals surface area contributed by atoms with E-state index in [1.54, 1.807) is 0 Å². The van der Waals surface area contributed by atoms with Gasteiger partial charge in [0.25, 0.3) is 0 Å². The van der Waals surface area contributed by atoms with Crippen LogP contribution in [0.3, 0.4) is 0 Å². The summed E-state index contributed by atoms with van der Waals surface area (Å²) in [5.41, 5.74) is 2.87. The van der Waals surface area contributed by atoms with E-state index >= 15 is 0 Å². The van der Waals surface area contributed by atoms with E-state index in [9.17, 15) is 4.79 Å². The third-order valence-electron chi connectivity index (χ3n) is 4.86. The van der Waals surface area contributed by atoms with E-state index in [2.05, 4.69) is 30.5 Å². The average molecular weight is 258 g/mol. The maximum atomic E-state index is 12.5. The number of aryl methyl sites for hydroxylation is 1. The molecule has 1 amide bonds. The Morgan fingerprint density at radius 3 is 2.74 bits per heavy atom. The second kappa shape index (κ2) is 4.55. The summed E-state index contributed by atoms with van der Waals surface area (Å²) in [5, 5.41) is 6.66. The quantitative estimate of drug-likeness (QED) is 0.806. The van der Waals surface area contributed by atoms with E-state index in [4.69, 9.17) is 0 Å². The van der Waals surface area contributed by atoms with Gasteiger partial charge in [-0.15, -0.1) is 0 Å². The van der Waals surface area contributed by atoms with Crippen molar-refractivity contribution in [2.75, 3.05) is 10.6 Å². The Hall–Kier alpha value is -1.51. The van der Waals surface area contributed by atoms with E-state index in [-0.39, 0.29) is 11.4 Å². The highest BCUT2D eigenvalue weighted by Crippen LogP contribution is 2.42. The lowest BCUT2D eigenvalue weighted by Gasteiger charge is -2.43. The van der Waals surface area contributed by atoms with Crippen LogP contribution in [0, 0.1) is 12.8 Å². The summed E-state index contributed by atoms with van der Waals surface area (Å²) in [7, 11) is 0. The van der Waals surface area contributed by atoms with Crippen molar-refractivity contribution >= 4 is 17.3 Å². The first-order valence-corrected chi connectivity index (χ1v) is 7.34. The number of fused-ring (bicyclic) bond motifs is 1. The number of amides is 1. The van der Waals surface area contributed by atoms with Crippen LogP contribution in [0.4, 0.5) is 11.4 Å². The molecule has 0 unspecified atom stereocenters. The zero-order valence-electron chi connectivity index (χ0n) is 11.8. The first-order chi connectivity index (χ1) is 9.14. The van der Waals surface area contributed by atoms with Gasteiger partial charge in [-0.25, -0.2) is 0 Å². The number of carbonyl (C=O) groups excluding carboxylic acids is 1. The molecule has 102 valence electrons. The minimum absolute atomic E-state index is 0.153. The third kappa shape index (κ3) is 2.01. The molecule has 2 aliphatic rings. The van der Waals surface area contributed by atoms with Crippen molar-refractivity contribution in [2.24, 2.45) is 5.92 Å². The number of carbonyl (C=O) groups is 1. The standard InChI is InChI=1S/C16H22N2O/c1-3-12-7-9-16(10-8-12)15(19)17-13-6-4-5-11(2)14(13)18-16/h4-6,12,18H,3,7-10H2,1-2H3,(H,17,19). The molecule has 1 aromatic carbocycles. The first-order valence-electron chi connectivity index (χ1n) is 7.34. The Bertz CT molecular complexity index is 501. The number of hydrogen-bond donors (Lipinski definition) is 2. The molecular formula is C16H22N2O. The summed E-state index contributed by atoms with van der Waals surface area (Å²) >= 11 is 0. The van der Waals surface area contributed by atoms with E-state index in [1.165, 1.54) is 12.0 Å². The van der Waals surface area contributed by atoms with Crippen LogP contribution in [0.2, 0.25) is 0 Å². The summed E-state index contributed by atoms with van der Waals surface area (Å²) in [4.78, 5) is 12.5. The molecule has 0 radical (unpaired) electrons. The molecule has 1 fully saturated rings. The Labute approximate surface area is 114 Å². The van der Waals surface area contributed by atoms with Crippen molar-refractivity contribution in [1.29, 1.82) is 0 Å². The lowest BCUT2D eigenvalue weighted by Crippen LogP contribution is -2.54. The van der Waals surface area contributed by atoms with E-state index in [0.29, 0.717) is 0 Å². The number of para-hydroxylation sites is 1. The molecule has 0 saturated heterocycles. The summed E-state index contributed by atoms with van der Waals surface area (Å²) in [6.45, 7) is 4.34. The number of anilines is 2. The van der Waals surface area contributed by atoms with Gasteiger partial charge in [-0.2, -0.15) is 0 Å². The zero-order valence-corrected chi connectivity index (χ0v) is 11.8. The molecule has 19 heavy (non-hydrogen) atoms. The van der Waals surface area contributed by atoms with Gasteiger partial charge in [-0.05, 0) is 50.2 Å². The Kier molecular flexibility index (Phi) is 3.00. The van der Waals surface area contributed by atoms with Gasteiger partial charge in [0, 0.05) is 0 Å². The van der Waals surface area contributed by atoms with Gasteiger partial charge in [0.1, 0.15) is 5.54 Å². The monoisotopic (exact) mass is 258 g/mol. The molecule has 1 saturated carbocycles. The molecule has 1 aliphatic heterocycles. The van der Waals surface area contributed by atoms with Gasteiger partial charge >= 0.3 is 0 Å². The van der Waals surface area contributed by atoms with Crippen LogP contribution in [0.5, 0.6) is 0 Å². The molecule has 1 spiro atoms. The van der Waals surface area contributed by atoms with Gasteiger partial charge in [0.05, 0.1) is 11.4 Å². The predicted octanol–water partition coefficient (Wildman–Crippen LogP) is 3.70. The second-order valence-electron chi connectivity index (χ2n) is 6.01. The predicted molar refractivity (Wildman–Crippen MR) is 78.4 cm³/mol. The Balaban J connectivity index is 1.89. The number of rotatable bonds is 1. The largest absolute Gasteiger partial charge is 0.369 e. The van der Waals surface area contributed by atoms with Crippen LogP contribution in [0.25, 0.3) is 0 Å². The Morgan fingerprint density at radius 1 is 1.32 bits per heavy atom. The van der Waals surface area contributed by atoms with Crippen molar-refractivity contribution in [3.05, 3.63) is 23.8 Å². The normalized spacial score (nSPS) is 29.6. The molecule has 0 aromatic heterocycles. The van der Waals surface area contributed by atoms with Gasteiger partial charge in [-0.1, -0.05) is 25.5 Å². The number of nitrogens with one attached hydrogen (secondary N) is 2.